The molecule has 1 aromatic carbocycles. The van der Waals surface area contributed by atoms with Crippen molar-refractivity contribution in [1.82, 2.24) is 0 Å². The molecule has 6 heteroatoms. The predicted molar refractivity (Wildman–Crippen MR) is 69.1 cm³/mol. The molecule has 17 heavy (non-hydrogen) atoms. The van der Waals surface area contributed by atoms with Gasteiger partial charge in [-0.3, -0.25) is 9.00 Å². The van der Waals surface area contributed by atoms with Crippen molar-refractivity contribution in [3.63, 3.8) is 0 Å². The van der Waals surface area contributed by atoms with Crippen LogP contribution >= 0.6 is 11.6 Å². The van der Waals surface area contributed by atoms with Crippen LogP contribution in [-0.2, 0) is 15.6 Å². The smallest absolute Gasteiger partial charge is 0.248 e. The van der Waals surface area contributed by atoms with Gasteiger partial charge in [0, 0.05) is 23.1 Å². The van der Waals surface area contributed by atoms with Gasteiger partial charge in [0.15, 0.2) is 0 Å². The molecule has 90 valence electrons. The van der Waals surface area contributed by atoms with E-state index in [1.807, 2.05) is 17.0 Å². The van der Waals surface area contributed by atoms with Crippen LogP contribution in [0.15, 0.2) is 18.2 Å². The zero-order valence-corrected chi connectivity index (χ0v) is 10.6. The molecule has 0 radical (unpaired) electrons. The number of rotatable bonds is 0. The standard InChI is InChI=1S/C11H11ClN2O2S/c12-7-2-1-3-8-10(7)13-11(15)9-6-17(16)5-4-14(8)9/h1-3,9H,4-6H2,(H,13,15). The van der Waals surface area contributed by atoms with Crippen molar-refractivity contribution in [2.75, 3.05) is 28.3 Å². The SMILES string of the molecule is O=C1Nc2c(Cl)cccc2N2CCS(=O)CC12. The first kappa shape index (κ1) is 11.0. The minimum absolute atomic E-state index is 0.112. The monoisotopic (exact) mass is 270 g/mol. The van der Waals surface area contributed by atoms with E-state index in [9.17, 15) is 9.00 Å². The summed E-state index contributed by atoms with van der Waals surface area (Å²) < 4.78 is 11.5. The van der Waals surface area contributed by atoms with Gasteiger partial charge in [-0.15, -0.1) is 0 Å². The van der Waals surface area contributed by atoms with E-state index in [1.54, 1.807) is 6.07 Å². The summed E-state index contributed by atoms with van der Waals surface area (Å²) in [5.74, 6) is 0.895. The number of hydrogen-bond donors (Lipinski definition) is 1. The molecule has 0 bridgehead atoms. The van der Waals surface area contributed by atoms with Gasteiger partial charge in [-0.25, -0.2) is 0 Å². The minimum Gasteiger partial charge on any atom is -0.356 e. The zero-order valence-electron chi connectivity index (χ0n) is 8.98. The second-order valence-corrected chi connectivity index (χ2v) is 6.17. The van der Waals surface area contributed by atoms with Crippen LogP contribution in [0.2, 0.25) is 5.02 Å². The summed E-state index contributed by atoms with van der Waals surface area (Å²) in [4.78, 5) is 13.9. The quantitative estimate of drug-likeness (QED) is 0.771. The Morgan fingerprint density at radius 1 is 1.47 bits per heavy atom. The Labute approximate surface area is 106 Å². The Bertz CT molecular complexity index is 520. The second-order valence-electron chi connectivity index (χ2n) is 4.14. The Balaban J connectivity index is 2.08. The fraction of sp³-hybridized carbons (Fsp3) is 0.364. The van der Waals surface area contributed by atoms with Crippen molar-refractivity contribution in [1.29, 1.82) is 0 Å². The Morgan fingerprint density at radius 2 is 2.29 bits per heavy atom. The minimum atomic E-state index is -0.897. The van der Waals surface area contributed by atoms with Crippen molar-refractivity contribution >= 4 is 39.7 Å². The number of carbonyl (C=O) groups excluding carboxylic acids is 1. The first-order valence-electron chi connectivity index (χ1n) is 5.38. The highest BCUT2D eigenvalue weighted by Gasteiger charge is 2.37. The van der Waals surface area contributed by atoms with Gasteiger partial charge in [0.2, 0.25) is 5.91 Å². The summed E-state index contributed by atoms with van der Waals surface area (Å²) >= 11 is 6.07. The molecule has 0 saturated carbocycles. The fourth-order valence-corrected chi connectivity index (χ4v) is 3.76. The van der Waals surface area contributed by atoms with E-state index in [1.165, 1.54) is 0 Å². The maximum Gasteiger partial charge on any atom is 0.248 e. The molecule has 1 fully saturated rings. The van der Waals surface area contributed by atoms with Crippen molar-refractivity contribution in [3.05, 3.63) is 23.2 Å². The lowest BCUT2D eigenvalue weighted by molar-refractivity contribution is -0.117. The van der Waals surface area contributed by atoms with E-state index < -0.39 is 10.8 Å². The van der Waals surface area contributed by atoms with Crippen LogP contribution in [0, 0.1) is 0 Å². The Hall–Kier alpha value is -1.07. The van der Waals surface area contributed by atoms with E-state index in [0.717, 1.165) is 5.69 Å². The molecule has 2 atom stereocenters. The van der Waals surface area contributed by atoms with Gasteiger partial charge in [-0.2, -0.15) is 0 Å². The first-order valence-corrected chi connectivity index (χ1v) is 7.24. The molecular weight excluding hydrogens is 260 g/mol. The van der Waals surface area contributed by atoms with Crippen LogP contribution in [0.1, 0.15) is 0 Å². The molecule has 1 saturated heterocycles. The molecule has 1 N–H and O–H groups in total. The van der Waals surface area contributed by atoms with Gasteiger partial charge in [0.05, 0.1) is 22.2 Å². The first-order chi connectivity index (χ1) is 8.16. The number of hydrogen-bond acceptors (Lipinski definition) is 3. The van der Waals surface area contributed by atoms with E-state index in [2.05, 4.69) is 5.32 Å². The molecule has 4 nitrogen and oxygen atoms in total. The third-order valence-electron chi connectivity index (χ3n) is 3.13. The molecule has 1 aromatic rings. The number of nitrogens with zero attached hydrogens (tertiary/aromatic N) is 1. The molecule has 2 aliphatic heterocycles. The Kier molecular flexibility index (Phi) is 2.60. The van der Waals surface area contributed by atoms with Crippen molar-refractivity contribution in [3.8, 4) is 0 Å². The lowest BCUT2D eigenvalue weighted by atomic mass is 10.1. The van der Waals surface area contributed by atoms with Crippen molar-refractivity contribution in [2.24, 2.45) is 0 Å². The number of benzene rings is 1. The van der Waals surface area contributed by atoms with Crippen molar-refractivity contribution < 1.29 is 9.00 Å². The number of fused-ring (bicyclic) bond motifs is 3. The molecule has 2 aliphatic rings. The second kappa shape index (κ2) is 3.99. The molecule has 2 heterocycles. The third kappa shape index (κ3) is 1.73. The molecular formula is C11H11ClN2O2S. The van der Waals surface area contributed by atoms with Gasteiger partial charge in [-0.05, 0) is 12.1 Å². The van der Waals surface area contributed by atoms with Crippen LogP contribution < -0.4 is 10.2 Å². The van der Waals surface area contributed by atoms with E-state index in [0.29, 0.717) is 28.8 Å². The lowest BCUT2D eigenvalue weighted by Crippen LogP contribution is -2.55. The molecule has 2 unspecified atom stereocenters. The number of anilines is 2. The van der Waals surface area contributed by atoms with E-state index >= 15 is 0 Å². The van der Waals surface area contributed by atoms with Gasteiger partial charge < -0.3 is 10.2 Å². The summed E-state index contributed by atoms with van der Waals surface area (Å²) in [7, 11) is -0.897. The normalized spacial score (nSPS) is 27.1. The Morgan fingerprint density at radius 3 is 3.12 bits per heavy atom. The molecule has 0 aromatic heterocycles. The third-order valence-corrected chi connectivity index (χ3v) is 4.77. The average molecular weight is 271 g/mol. The molecule has 3 rings (SSSR count). The summed E-state index contributed by atoms with van der Waals surface area (Å²) in [6.45, 7) is 0.637. The largest absolute Gasteiger partial charge is 0.356 e. The van der Waals surface area contributed by atoms with Crippen LogP contribution in [-0.4, -0.2) is 34.2 Å². The van der Waals surface area contributed by atoms with Gasteiger partial charge in [0.1, 0.15) is 6.04 Å². The fourth-order valence-electron chi connectivity index (χ4n) is 2.29. The maximum absolute atomic E-state index is 11.9. The van der Waals surface area contributed by atoms with Crippen LogP contribution in [0.3, 0.4) is 0 Å². The van der Waals surface area contributed by atoms with E-state index in [-0.39, 0.29) is 11.9 Å². The average Bonchev–Trinajstić information content (AvgIpc) is 2.31. The van der Waals surface area contributed by atoms with Crippen LogP contribution in [0.25, 0.3) is 0 Å². The summed E-state index contributed by atoms with van der Waals surface area (Å²) in [5.41, 5.74) is 1.60. The van der Waals surface area contributed by atoms with E-state index in [4.69, 9.17) is 11.6 Å². The van der Waals surface area contributed by atoms with Gasteiger partial charge >= 0.3 is 0 Å². The number of amides is 1. The topological polar surface area (TPSA) is 49.4 Å². The van der Waals surface area contributed by atoms with Crippen molar-refractivity contribution in [2.45, 2.75) is 6.04 Å². The number of nitrogens with one attached hydrogen (secondary N) is 1. The van der Waals surface area contributed by atoms with Gasteiger partial charge in [-0.1, -0.05) is 17.7 Å². The number of carbonyl (C=O) groups is 1. The highest BCUT2D eigenvalue weighted by Crippen LogP contribution is 2.38. The highest BCUT2D eigenvalue weighted by molar-refractivity contribution is 7.85. The molecule has 1 amide bonds. The maximum atomic E-state index is 11.9. The lowest BCUT2D eigenvalue weighted by Gasteiger charge is -2.40. The zero-order chi connectivity index (χ0) is 12.0. The number of halogens is 1. The molecule has 0 aliphatic carbocycles. The van der Waals surface area contributed by atoms with Crippen LogP contribution in [0.5, 0.6) is 0 Å². The van der Waals surface area contributed by atoms with Crippen LogP contribution in [0.4, 0.5) is 11.4 Å². The van der Waals surface area contributed by atoms with Gasteiger partial charge in [0.25, 0.3) is 0 Å². The predicted octanol–water partition coefficient (Wildman–Crippen LogP) is 1.23. The summed E-state index contributed by atoms with van der Waals surface area (Å²) in [6.07, 6.45) is 0. The highest BCUT2D eigenvalue weighted by atomic mass is 35.5. The summed E-state index contributed by atoms with van der Waals surface area (Å²) in [6, 6.07) is 5.22. The number of para-hydroxylation sites is 1. The summed E-state index contributed by atoms with van der Waals surface area (Å²) in [5, 5.41) is 3.34. The molecule has 0 spiro atoms.